The number of hydrogen-bond donors (Lipinski definition) is 1. The lowest BCUT2D eigenvalue weighted by Gasteiger charge is -2.04. The predicted octanol–water partition coefficient (Wildman–Crippen LogP) is 3.76. The number of nitrogens with two attached hydrogens (primary N) is 1. The second-order valence-corrected chi connectivity index (χ2v) is 5.24. The van der Waals surface area contributed by atoms with Crippen LogP contribution in [0.25, 0.3) is 22.0 Å². The number of aromatic nitrogens is 2. The van der Waals surface area contributed by atoms with Crippen molar-refractivity contribution >= 4 is 17.0 Å². The number of rotatable bonds is 2. The Hall–Kier alpha value is -2.20. The van der Waals surface area contributed by atoms with Crippen molar-refractivity contribution in [1.29, 1.82) is 0 Å². The first kappa shape index (κ1) is 11.9. The second kappa shape index (κ2) is 4.82. The average molecular weight is 267 g/mol. The van der Waals surface area contributed by atoms with Crippen molar-refractivity contribution in [3.8, 4) is 22.0 Å². The fraction of sp³-hybridized carbons (Fsp3) is 0.0667. The first-order chi connectivity index (χ1) is 9.24. The normalized spacial score (nSPS) is 10.6. The van der Waals surface area contributed by atoms with E-state index in [1.807, 2.05) is 30.3 Å². The summed E-state index contributed by atoms with van der Waals surface area (Å²) in [5, 5.41) is 2.08. The Balaban J connectivity index is 2.08. The van der Waals surface area contributed by atoms with E-state index in [2.05, 4.69) is 28.3 Å². The van der Waals surface area contributed by atoms with Gasteiger partial charge in [0.2, 0.25) is 0 Å². The van der Waals surface area contributed by atoms with Gasteiger partial charge in [-0.15, -0.1) is 11.3 Å². The summed E-state index contributed by atoms with van der Waals surface area (Å²) in [6.45, 7) is 2.09. The summed E-state index contributed by atoms with van der Waals surface area (Å²) in [6.07, 6.45) is 1.79. The molecule has 0 fully saturated rings. The molecule has 2 heterocycles. The molecule has 4 heteroatoms. The Morgan fingerprint density at radius 2 is 2.05 bits per heavy atom. The van der Waals surface area contributed by atoms with E-state index in [9.17, 15) is 0 Å². The Bertz CT molecular complexity index is 719. The molecule has 0 radical (unpaired) electrons. The zero-order valence-corrected chi connectivity index (χ0v) is 11.3. The second-order valence-electron chi connectivity index (χ2n) is 4.32. The molecule has 1 aromatic carbocycles. The first-order valence-corrected chi connectivity index (χ1v) is 6.85. The van der Waals surface area contributed by atoms with Crippen LogP contribution in [0.2, 0.25) is 0 Å². The number of nitrogen functional groups attached to an aromatic ring is 1. The van der Waals surface area contributed by atoms with Crippen LogP contribution in [0.1, 0.15) is 5.56 Å². The summed E-state index contributed by atoms with van der Waals surface area (Å²) in [6, 6.07) is 11.7. The minimum atomic E-state index is 0.706. The average Bonchev–Trinajstić information content (AvgIpc) is 2.85. The number of thiophene rings is 1. The van der Waals surface area contributed by atoms with Crippen LogP contribution >= 0.6 is 11.3 Å². The highest BCUT2D eigenvalue weighted by molar-refractivity contribution is 7.13. The van der Waals surface area contributed by atoms with Crippen LogP contribution in [0.4, 0.5) is 5.69 Å². The van der Waals surface area contributed by atoms with Gasteiger partial charge in [0.25, 0.3) is 0 Å². The molecule has 0 aliphatic rings. The van der Waals surface area contributed by atoms with E-state index in [-0.39, 0.29) is 0 Å². The molecule has 3 aromatic rings. The van der Waals surface area contributed by atoms with Gasteiger partial charge in [-0.3, -0.25) is 0 Å². The van der Waals surface area contributed by atoms with E-state index in [0.29, 0.717) is 5.82 Å². The summed E-state index contributed by atoms with van der Waals surface area (Å²) < 4.78 is 0. The van der Waals surface area contributed by atoms with Gasteiger partial charge in [0.1, 0.15) is 0 Å². The van der Waals surface area contributed by atoms with Crippen molar-refractivity contribution in [3.05, 3.63) is 53.5 Å². The van der Waals surface area contributed by atoms with Crippen LogP contribution in [0.5, 0.6) is 0 Å². The largest absolute Gasteiger partial charge is 0.399 e. The number of nitrogens with zero attached hydrogens (tertiary/aromatic N) is 2. The van der Waals surface area contributed by atoms with Crippen molar-refractivity contribution < 1.29 is 0 Å². The van der Waals surface area contributed by atoms with E-state index < -0.39 is 0 Å². The molecule has 0 unspecified atom stereocenters. The molecule has 0 atom stereocenters. The van der Waals surface area contributed by atoms with Gasteiger partial charge in [0, 0.05) is 17.4 Å². The fourth-order valence-corrected chi connectivity index (χ4v) is 2.83. The number of benzene rings is 1. The van der Waals surface area contributed by atoms with Gasteiger partial charge >= 0.3 is 0 Å². The molecular formula is C15H13N3S. The zero-order valence-electron chi connectivity index (χ0n) is 10.5. The maximum Gasteiger partial charge on any atom is 0.159 e. The van der Waals surface area contributed by atoms with Crippen molar-refractivity contribution in [1.82, 2.24) is 9.97 Å². The van der Waals surface area contributed by atoms with Gasteiger partial charge < -0.3 is 5.73 Å². The maximum atomic E-state index is 5.80. The quantitative estimate of drug-likeness (QED) is 0.719. The van der Waals surface area contributed by atoms with Crippen molar-refractivity contribution in [2.24, 2.45) is 0 Å². The molecule has 2 aromatic heterocycles. The predicted molar refractivity (Wildman–Crippen MR) is 79.9 cm³/mol. The van der Waals surface area contributed by atoms with Crippen LogP contribution < -0.4 is 5.73 Å². The third-order valence-corrected chi connectivity index (χ3v) is 3.93. The highest BCUT2D eigenvalue weighted by Gasteiger charge is 2.08. The molecule has 94 valence electrons. The summed E-state index contributed by atoms with van der Waals surface area (Å²) >= 11 is 1.69. The summed E-state index contributed by atoms with van der Waals surface area (Å²) in [7, 11) is 0. The first-order valence-electron chi connectivity index (χ1n) is 5.97. The van der Waals surface area contributed by atoms with Crippen LogP contribution in [-0.2, 0) is 0 Å². The maximum absolute atomic E-state index is 5.80. The smallest absolute Gasteiger partial charge is 0.159 e. The van der Waals surface area contributed by atoms with Crippen LogP contribution in [0.3, 0.4) is 0 Å². The molecule has 0 amide bonds. The Kier molecular flexibility index (Phi) is 3.01. The van der Waals surface area contributed by atoms with Gasteiger partial charge in [0.05, 0.1) is 10.6 Å². The number of hydrogen-bond acceptors (Lipinski definition) is 4. The Morgan fingerprint density at radius 3 is 2.79 bits per heavy atom. The van der Waals surface area contributed by atoms with Gasteiger partial charge in [-0.05, 0) is 42.1 Å². The fourth-order valence-electron chi connectivity index (χ4n) is 1.94. The summed E-state index contributed by atoms with van der Waals surface area (Å²) in [4.78, 5) is 10.1. The highest BCUT2D eigenvalue weighted by Crippen LogP contribution is 2.28. The standard InChI is InChI=1S/C15H13N3S/c1-10-6-8-19-14(10)13-5-7-17-15(18-13)11-3-2-4-12(16)9-11/h2-9H,16H2,1H3. The molecule has 0 spiro atoms. The lowest BCUT2D eigenvalue weighted by atomic mass is 10.2. The van der Waals surface area contributed by atoms with Gasteiger partial charge in [-0.25, -0.2) is 9.97 Å². The molecule has 3 rings (SSSR count). The van der Waals surface area contributed by atoms with Crippen molar-refractivity contribution in [2.75, 3.05) is 5.73 Å². The molecule has 0 saturated carbocycles. The van der Waals surface area contributed by atoms with Gasteiger partial charge in [0.15, 0.2) is 5.82 Å². The summed E-state index contributed by atoms with van der Waals surface area (Å²) in [5.74, 6) is 0.706. The van der Waals surface area contributed by atoms with Crippen molar-refractivity contribution in [2.45, 2.75) is 6.92 Å². The molecule has 19 heavy (non-hydrogen) atoms. The summed E-state index contributed by atoms with van der Waals surface area (Å²) in [5.41, 5.74) is 9.66. The number of aryl methyl sites for hydroxylation is 1. The third kappa shape index (κ3) is 2.35. The van der Waals surface area contributed by atoms with E-state index in [4.69, 9.17) is 5.73 Å². The van der Waals surface area contributed by atoms with Crippen LogP contribution in [0.15, 0.2) is 48.0 Å². The van der Waals surface area contributed by atoms with Gasteiger partial charge in [-0.2, -0.15) is 0 Å². The Morgan fingerprint density at radius 1 is 1.16 bits per heavy atom. The van der Waals surface area contributed by atoms with Gasteiger partial charge in [-0.1, -0.05) is 12.1 Å². The highest BCUT2D eigenvalue weighted by atomic mass is 32.1. The van der Waals surface area contributed by atoms with Crippen molar-refractivity contribution in [3.63, 3.8) is 0 Å². The van der Waals surface area contributed by atoms with E-state index in [1.54, 1.807) is 17.5 Å². The van der Waals surface area contributed by atoms with Crippen LogP contribution in [-0.4, -0.2) is 9.97 Å². The van der Waals surface area contributed by atoms with E-state index >= 15 is 0 Å². The lowest BCUT2D eigenvalue weighted by Crippen LogP contribution is -1.92. The lowest BCUT2D eigenvalue weighted by molar-refractivity contribution is 1.18. The monoisotopic (exact) mass is 267 g/mol. The Labute approximate surface area is 115 Å². The minimum Gasteiger partial charge on any atom is -0.399 e. The number of anilines is 1. The van der Waals surface area contributed by atoms with E-state index in [1.165, 1.54) is 10.4 Å². The molecule has 0 bridgehead atoms. The van der Waals surface area contributed by atoms with E-state index in [0.717, 1.165) is 16.9 Å². The molecule has 0 aliphatic heterocycles. The zero-order chi connectivity index (χ0) is 13.2. The SMILES string of the molecule is Cc1ccsc1-c1ccnc(-c2cccc(N)c2)n1. The van der Waals surface area contributed by atoms with Crippen LogP contribution in [0, 0.1) is 6.92 Å². The molecule has 0 saturated heterocycles. The third-order valence-electron chi connectivity index (χ3n) is 2.90. The molecule has 3 nitrogen and oxygen atoms in total. The molecular weight excluding hydrogens is 254 g/mol. The topological polar surface area (TPSA) is 51.8 Å². The minimum absolute atomic E-state index is 0.706. The molecule has 0 aliphatic carbocycles. The molecule has 2 N–H and O–H groups in total.